The van der Waals surface area contributed by atoms with Crippen LogP contribution in [0, 0.1) is 12.7 Å². The van der Waals surface area contributed by atoms with Crippen molar-refractivity contribution in [3.05, 3.63) is 69.9 Å². The van der Waals surface area contributed by atoms with Gasteiger partial charge in [0.1, 0.15) is 11.6 Å². The highest BCUT2D eigenvalue weighted by atomic mass is 32.3. The standard InChI is InChI=1S/C21H18FN3O3S/c1-11-8-12-5-7-29(27,28)18(12)10-17(11)25-20-14-4-6-23-21(26)19(14)15-9-13(22)2-3-16(15)24-20/h2-4,6,8-10,27-28H,5,7H2,1H3,(H,23,26)(H,24,25). The van der Waals surface area contributed by atoms with E-state index in [0.29, 0.717) is 50.2 Å². The molecule has 148 valence electrons. The summed E-state index contributed by atoms with van der Waals surface area (Å²) in [5.74, 6) is 0.343. The van der Waals surface area contributed by atoms with Crippen molar-refractivity contribution < 1.29 is 13.5 Å². The summed E-state index contributed by atoms with van der Waals surface area (Å²) in [7, 11) is -2.78. The first-order chi connectivity index (χ1) is 13.8. The van der Waals surface area contributed by atoms with Crippen LogP contribution in [-0.2, 0) is 6.42 Å². The Kier molecular flexibility index (Phi) is 3.92. The Morgan fingerprint density at radius 1 is 1.17 bits per heavy atom. The van der Waals surface area contributed by atoms with Crippen LogP contribution >= 0.6 is 10.6 Å². The van der Waals surface area contributed by atoms with E-state index < -0.39 is 16.4 Å². The van der Waals surface area contributed by atoms with Gasteiger partial charge in [-0.25, -0.2) is 9.37 Å². The summed E-state index contributed by atoms with van der Waals surface area (Å²) < 4.78 is 34.4. The number of pyridine rings is 2. The number of nitrogens with zero attached hydrogens (tertiary/aromatic N) is 1. The van der Waals surface area contributed by atoms with Crippen molar-refractivity contribution in [2.24, 2.45) is 0 Å². The molecule has 0 saturated heterocycles. The van der Waals surface area contributed by atoms with Crippen LogP contribution in [0.5, 0.6) is 0 Å². The molecule has 0 unspecified atom stereocenters. The average molecular weight is 411 g/mol. The number of aryl methyl sites for hydroxylation is 2. The van der Waals surface area contributed by atoms with Crippen molar-refractivity contribution in [2.45, 2.75) is 18.2 Å². The fourth-order valence-electron chi connectivity index (χ4n) is 3.90. The van der Waals surface area contributed by atoms with Crippen molar-refractivity contribution in [2.75, 3.05) is 11.1 Å². The third-order valence-electron chi connectivity index (χ3n) is 5.34. The molecule has 6 nitrogen and oxygen atoms in total. The van der Waals surface area contributed by atoms with Crippen molar-refractivity contribution in [1.82, 2.24) is 9.97 Å². The molecule has 29 heavy (non-hydrogen) atoms. The zero-order chi connectivity index (χ0) is 20.3. The Balaban J connectivity index is 1.74. The van der Waals surface area contributed by atoms with Crippen LogP contribution in [0.4, 0.5) is 15.9 Å². The molecular formula is C21H18FN3O3S. The van der Waals surface area contributed by atoms with Gasteiger partial charge in [0.05, 0.1) is 15.8 Å². The number of fused-ring (bicyclic) bond motifs is 4. The highest BCUT2D eigenvalue weighted by Crippen LogP contribution is 2.56. The molecule has 0 amide bonds. The highest BCUT2D eigenvalue weighted by molar-refractivity contribution is 8.24. The fraction of sp³-hybridized carbons (Fsp3) is 0.143. The zero-order valence-electron chi connectivity index (χ0n) is 15.5. The predicted molar refractivity (Wildman–Crippen MR) is 114 cm³/mol. The van der Waals surface area contributed by atoms with Gasteiger partial charge in [0, 0.05) is 28.4 Å². The Morgan fingerprint density at radius 2 is 2.00 bits per heavy atom. The van der Waals surface area contributed by atoms with Gasteiger partial charge in [-0.3, -0.25) is 13.9 Å². The SMILES string of the molecule is Cc1cc2c(cc1Nc1nc3ccc(F)cc3c3c(=O)[nH]ccc13)S(O)(O)CC2. The summed E-state index contributed by atoms with van der Waals surface area (Å²) in [5.41, 5.74) is 2.71. The summed E-state index contributed by atoms with van der Waals surface area (Å²) in [6.07, 6.45) is 2.16. The lowest BCUT2D eigenvalue weighted by Crippen LogP contribution is -2.08. The second-order valence-corrected chi connectivity index (χ2v) is 9.42. The van der Waals surface area contributed by atoms with Crippen LogP contribution in [-0.4, -0.2) is 24.8 Å². The maximum Gasteiger partial charge on any atom is 0.256 e. The van der Waals surface area contributed by atoms with Gasteiger partial charge in [0.25, 0.3) is 5.56 Å². The first-order valence-electron chi connectivity index (χ1n) is 9.11. The quantitative estimate of drug-likeness (QED) is 0.351. The summed E-state index contributed by atoms with van der Waals surface area (Å²) >= 11 is 0. The number of hydrogen-bond acceptors (Lipinski definition) is 5. The average Bonchev–Trinajstić information content (AvgIpc) is 2.96. The highest BCUT2D eigenvalue weighted by Gasteiger charge is 2.28. The number of aromatic nitrogens is 2. The molecule has 4 N–H and O–H groups in total. The lowest BCUT2D eigenvalue weighted by molar-refractivity contribution is 0.492. The van der Waals surface area contributed by atoms with Gasteiger partial charge in [-0.15, -0.1) is 0 Å². The monoisotopic (exact) mass is 411 g/mol. The first-order valence-corrected chi connectivity index (χ1v) is 10.8. The van der Waals surface area contributed by atoms with E-state index in [0.717, 1.165) is 11.1 Å². The van der Waals surface area contributed by atoms with E-state index in [4.69, 9.17) is 0 Å². The molecule has 5 rings (SSSR count). The number of halogens is 1. The van der Waals surface area contributed by atoms with Crippen LogP contribution in [0.1, 0.15) is 11.1 Å². The summed E-state index contributed by atoms with van der Waals surface area (Å²) in [6.45, 7) is 1.93. The van der Waals surface area contributed by atoms with Crippen LogP contribution < -0.4 is 10.9 Å². The predicted octanol–water partition coefficient (Wildman–Crippen LogP) is 4.93. The topological polar surface area (TPSA) is 98.2 Å². The normalized spacial score (nSPS) is 16.1. The van der Waals surface area contributed by atoms with Crippen LogP contribution in [0.3, 0.4) is 0 Å². The molecule has 0 radical (unpaired) electrons. The number of aromatic amines is 1. The van der Waals surface area contributed by atoms with E-state index in [1.807, 2.05) is 13.0 Å². The minimum Gasteiger partial charge on any atom is -0.339 e. The van der Waals surface area contributed by atoms with E-state index in [2.05, 4.69) is 15.3 Å². The van der Waals surface area contributed by atoms with E-state index >= 15 is 0 Å². The Bertz CT molecular complexity index is 1370. The summed E-state index contributed by atoms with van der Waals surface area (Å²) in [5, 5.41) is 4.59. The lowest BCUT2D eigenvalue weighted by atomic mass is 10.1. The molecule has 1 aliphatic heterocycles. The molecule has 0 saturated carbocycles. The van der Waals surface area contributed by atoms with Gasteiger partial charge < -0.3 is 10.3 Å². The summed E-state index contributed by atoms with van der Waals surface area (Å²) in [4.78, 5) is 20.3. The van der Waals surface area contributed by atoms with Gasteiger partial charge in [0.2, 0.25) is 0 Å². The van der Waals surface area contributed by atoms with Crippen molar-refractivity contribution in [1.29, 1.82) is 0 Å². The van der Waals surface area contributed by atoms with Gasteiger partial charge in [0.15, 0.2) is 0 Å². The maximum absolute atomic E-state index is 13.8. The van der Waals surface area contributed by atoms with Crippen molar-refractivity contribution in [3.63, 3.8) is 0 Å². The number of rotatable bonds is 2. The Hall–Kier alpha value is -2.94. The molecule has 0 fully saturated rings. The van der Waals surface area contributed by atoms with Gasteiger partial charge in [-0.2, -0.15) is 10.6 Å². The first kappa shape index (κ1) is 18.1. The van der Waals surface area contributed by atoms with Gasteiger partial charge >= 0.3 is 0 Å². The maximum atomic E-state index is 13.8. The molecular weight excluding hydrogens is 393 g/mol. The molecule has 2 aromatic heterocycles. The van der Waals surface area contributed by atoms with E-state index in [1.165, 1.54) is 24.4 Å². The Labute approximate surface area is 166 Å². The number of anilines is 2. The third-order valence-corrected chi connectivity index (χ3v) is 7.20. The number of nitrogens with one attached hydrogen (secondary N) is 2. The van der Waals surface area contributed by atoms with E-state index in [9.17, 15) is 18.3 Å². The molecule has 0 spiro atoms. The third kappa shape index (κ3) is 2.88. The number of benzene rings is 2. The number of hydrogen-bond donors (Lipinski definition) is 4. The lowest BCUT2D eigenvalue weighted by Gasteiger charge is -2.28. The second kappa shape index (κ2) is 6.28. The molecule has 3 heterocycles. The molecule has 4 aromatic rings. The molecule has 2 aromatic carbocycles. The number of H-pyrrole nitrogens is 1. The zero-order valence-corrected chi connectivity index (χ0v) is 16.3. The Morgan fingerprint density at radius 3 is 2.83 bits per heavy atom. The smallest absolute Gasteiger partial charge is 0.256 e. The van der Waals surface area contributed by atoms with E-state index in [1.54, 1.807) is 12.1 Å². The second-order valence-electron chi connectivity index (χ2n) is 7.24. The van der Waals surface area contributed by atoms with E-state index in [-0.39, 0.29) is 5.56 Å². The van der Waals surface area contributed by atoms with Gasteiger partial charge in [-0.05, 0) is 54.8 Å². The molecule has 0 bridgehead atoms. The van der Waals surface area contributed by atoms with Crippen LogP contribution in [0.2, 0.25) is 0 Å². The van der Waals surface area contributed by atoms with Gasteiger partial charge in [-0.1, -0.05) is 6.07 Å². The molecule has 1 aliphatic rings. The van der Waals surface area contributed by atoms with Crippen molar-refractivity contribution in [3.8, 4) is 0 Å². The fourth-order valence-corrected chi connectivity index (χ4v) is 5.51. The largest absolute Gasteiger partial charge is 0.339 e. The van der Waals surface area contributed by atoms with Crippen LogP contribution in [0.15, 0.2) is 52.3 Å². The molecule has 8 heteroatoms. The molecule has 0 aliphatic carbocycles. The minimum atomic E-state index is -2.78. The van der Waals surface area contributed by atoms with Crippen LogP contribution in [0.25, 0.3) is 21.7 Å². The molecule has 0 atom stereocenters. The summed E-state index contributed by atoms with van der Waals surface area (Å²) in [6, 6.07) is 9.56. The minimum absolute atomic E-state index is 0.330. The van der Waals surface area contributed by atoms with Crippen molar-refractivity contribution >= 4 is 43.8 Å².